The number of imidazole rings is 2. The van der Waals surface area contributed by atoms with Crippen molar-refractivity contribution in [3.63, 3.8) is 0 Å². The molecule has 3 amide bonds. The molecule has 6 heterocycles. The van der Waals surface area contributed by atoms with Crippen LogP contribution in [0.25, 0.3) is 0 Å². The van der Waals surface area contributed by atoms with Gasteiger partial charge in [0.15, 0.2) is 11.6 Å². The SMILES string of the molecule is CC(C)(C)OC(=O)N1CCn2c(C(F)(F)F)nc(N3CCCCC3=O)c2C1.Cl.O=C1CCCCN1c1nc(C(F)(F)F)n2c1CNCC2. The van der Waals surface area contributed by atoms with Gasteiger partial charge in [0, 0.05) is 58.7 Å². The molecule has 6 rings (SSSR count). The van der Waals surface area contributed by atoms with Crippen LogP contribution in [0.1, 0.15) is 82.3 Å². The Bertz CT molecular complexity index is 1520. The molecule has 48 heavy (non-hydrogen) atoms. The van der Waals surface area contributed by atoms with Crippen LogP contribution in [-0.2, 0) is 52.9 Å². The van der Waals surface area contributed by atoms with Crippen LogP contribution in [0.3, 0.4) is 0 Å². The Morgan fingerprint density at radius 1 is 0.729 bits per heavy atom. The molecule has 0 aliphatic carbocycles. The lowest BCUT2D eigenvalue weighted by molar-refractivity contribution is -0.148. The van der Waals surface area contributed by atoms with Crippen molar-refractivity contribution >= 4 is 42.0 Å². The smallest absolute Gasteiger partial charge is 0.444 e. The quantitative estimate of drug-likeness (QED) is 0.430. The Morgan fingerprint density at radius 3 is 1.71 bits per heavy atom. The summed E-state index contributed by atoms with van der Waals surface area (Å²) >= 11 is 0. The van der Waals surface area contributed by atoms with Crippen LogP contribution in [0.2, 0.25) is 0 Å². The average Bonchev–Trinajstić information content (AvgIpc) is 3.57. The summed E-state index contributed by atoms with van der Waals surface area (Å²) in [6.45, 7) is 6.87. The summed E-state index contributed by atoms with van der Waals surface area (Å²) in [6.07, 6.45) is -6.08. The van der Waals surface area contributed by atoms with Crippen molar-refractivity contribution in [2.75, 3.05) is 36.0 Å². The number of carbonyl (C=O) groups excluding carboxylic acids is 3. The molecule has 0 atom stereocenters. The van der Waals surface area contributed by atoms with Crippen molar-refractivity contribution in [1.29, 1.82) is 0 Å². The van der Waals surface area contributed by atoms with Gasteiger partial charge >= 0.3 is 18.4 Å². The van der Waals surface area contributed by atoms with Gasteiger partial charge in [-0.15, -0.1) is 12.4 Å². The number of alkyl halides is 6. The maximum atomic E-state index is 13.4. The van der Waals surface area contributed by atoms with E-state index in [1.165, 1.54) is 19.3 Å². The third kappa shape index (κ3) is 8.01. The first-order chi connectivity index (χ1) is 22.0. The zero-order valence-electron chi connectivity index (χ0n) is 26.8. The van der Waals surface area contributed by atoms with E-state index < -0.39 is 35.7 Å². The molecule has 1 N–H and O–H groups in total. The number of ether oxygens (including phenoxy) is 1. The molecule has 4 aliphatic rings. The van der Waals surface area contributed by atoms with Crippen LogP contribution < -0.4 is 15.1 Å². The largest absolute Gasteiger partial charge is 0.449 e. The number of fused-ring (bicyclic) bond motifs is 2. The number of rotatable bonds is 2. The maximum Gasteiger partial charge on any atom is 0.449 e. The zero-order valence-corrected chi connectivity index (χ0v) is 27.7. The van der Waals surface area contributed by atoms with E-state index in [9.17, 15) is 40.7 Å². The van der Waals surface area contributed by atoms with Gasteiger partial charge in [-0.3, -0.25) is 19.4 Å². The van der Waals surface area contributed by atoms with E-state index in [-0.39, 0.29) is 74.2 Å². The fraction of sp³-hybridized carbons (Fsp3) is 0.690. The number of aromatic nitrogens is 4. The number of anilines is 2. The second kappa shape index (κ2) is 14.1. The van der Waals surface area contributed by atoms with Crippen LogP contribution >= 0.6 is 12.4 Å². The topological polar surface area (TPSA) is 118 Å². The molecular formula is C29H39ClF6N8O4. The second-order valence-corrected chi connectivity index (χ2v) is 12.8. The Kier molecular flexibility index (Phi) is 11.0. The highest BCUT2D eigenvalue weighted by atomic mass is 35.5. The molecule has 0 bridgehead atoms. The molecule has 2 aromatic heterocycles. The minimum absolute atomic E-state index is 0. The van der Waals surface area contributed by atoms with Gasteiger partial charge in [-0.05, 0) is 46.5 Å². The summed E-state index contributed by atoms with van der Waals surface area (Å²) < 4.78 is 87.0. The zero-order chi connectivity index (χ0) is 34.3. The van der Waals surface area contributed by atoms with Gasteiger partial charge in [0.1, 0.15) is 5.60 Å². The van der Waals surface area contributed by atoms with Gasteiger partial charge < -0.3 is 24.1 Å². The molecule has 2 saturated heterocycles. The number of hydrogen-bond donors (Lipinski definition) is 1. The number of piperidine rings is 2. The van der Waals surface area contributed by atoms with E-state index in [0.717, 1.165) is 17.4 Å². The molecule has 0 unspecified atom stereocenters. The lowest BCUT2D eigenvalue weighted by atomic mass is 10.1. The molecule has 0 aromatic carbocycles. The van der Waals surface area contributed by atoms with Crippen molar-refractivity contribution in [2.24, 2.45) is 0 Å². The standard InChI is InChI=1S/C17H23F3N4O3.C12H15F3N4O.ClH/c1-16(2,3)27-15(26)22-8-9-23-11(10-22)13(21-14(23)17(18,19)20)24-7-5-4-6-12(24)25;13-12(14,15)11-17-10(8-7-16-4-6-18(8)11)19-5-2-1-3-9(19)20;/h4-10H2,1-3H3;16H,1-7H2;1H. The molecule has 0 saturated carbocycles. The lowest BCUT2D eigenvalue weighted by Gasteiger charge is -2.33. The van der Waals surface area contributed by atoms with E-state index >= 15 is 0 Å². The number of hydrogen-bond acceptors (Lipinski definition) is 7. The summed E-state index contributed by atoms with van der Waals surface area (Å²) in [4.78, 5) is 48.1. The Hall–Kier alpha value is -3.54. The van der Waals surface area contributed by atoms with Crippen LogP contribution in [-0.4, -0.2) is 73.7 Å². The van der Waals surface area contributed by atoms with Crippen molar-refractivity contribution in [1.82, 2.24) is 29.3 Å². The van der Waals surface area contributed by atoms with Crippen LogP contribution in [0, 0.1) is 0 Å². The summed E-state index contributed by atoms with van der Waals surface area (Å²) in [7, 11) is 0. The molecule has 12 nitrogen and oxygen atoms in total. The van der Waals surface area contributed by atoms with E-state index in [2.05, 4.69) is 15.3 Å². The number of carbonyl (C=O) groups is 3. The Labute approximate surface area is 279 Å². The van der Waals surface area contributed by atoms with Crippen molar-refractivity contribution in [2.45, 2.75) is 103 Å². The molecule has 2 aromatic rings. The van der Waals surface area contributed by atoms with E-state index in [0.29, 0.717) is 51.1 Å². The van der Waals surface area contributed by atoms with Gasteiger partial charge in [-0.2, -0.15) is 26.3 Å². The highest BCUT2D eigenvalue weighted by Gasteiger charge is 2.43. The predicted octanol–water partition coefficient (Wildman–Crippen LogP) is 5.11. The van der Waals surface area contributed by atoms with Crippen molar-refractivity contribution in [3.8, 4) is 0 Å². The van der Waals surface area contributed by atoms with Crippen LogP contribution in [0.4, 0.5) is 42.8 Å². The first-order valence-corrected chi connectivity index (χ1v) is 15.6. The maximum absolute atomic E-state index is 13.4. The monoisotopic (exact) mass is 712 g/mol. The van der Waals surface area contributed by atoms with E-state index in [1.807, 2.05) is 0 Å². The van der Waals surface area contributed by atoms with Gasteiger partial charge in [-0.25, -0.2) is 14.8 Å². The second-order valence-electron chi connectivity index (χ2n) is 12.8. The van der Waals surface area contributed by atoms with Gasteiger partial charge in [0.2, 0.25) is 23.5 Å². The van der Waals surface area contributed by atoms with Crippen molar-refractivity contribution in [3.05, 3.63) is 23.0 Å². The predicted molar refractivity (Wildman–Crippen MR) is 162 cm³/mol. The first kappa shape index (κ1) is 37.3. The van der Waals surface area contributed by atoms with Crippen LogP contribution in [0.5, 0.6) is 0 Å². The van der Waals surface area contributed by atoms with Gasteiger partial charge in [-0.1, -0.05) is 0 Å². The highest BCUT2D eigenvalue weighted by Crippen LogP contribution is 2.37. The summed E-state index contributed by atoms with van der Waals surface area (Å²) in [5.74, 6) is -2.15. The number of nitrogens with one attached hydrogen (secondary N) is 1. The molecule has 2 fully saturated rings. The van der Waals surface area contributed by atoms with E-state index in [1.54, 1.807) is 20.8 Å². The first-order valence-electron chi connectivity index (χ1n) is 15.6. The molecule has 19 heteroatoms. The van der Waals surface area contributed by atoms with Gasteiger partial charge in [0.05, 0.1) is 17.9 Å². The lowest BCUT2D eigenvalue weighted by Crippen LogP contribution is -2.43. The molecule has 268 valence electrons. The van der Waals surface area contributed by atoms with Gasteiger partial charge in [0.25, 0.3) is 0 Å². The number of halogens is 7. The summed E-state index contributed by atoms with van der Waals surface area (Å²) in [5.41, 5.74) is -0.0362. The normalized spacial score (nSPS) is 18.8. The minimum Gasteiger partial charge on any atom is -0.444 e. The third-order valence-electron chi connectivity index (χ3n) is 8.16. The molecule has 0 spiro atoms. The Morgan fingerprint density at radius 2 is 1.23 bits per heavy atom. The molecule has 4 aliphatic heterocycles. The van der Waals surface area contributed by atoms with E-state index in [4.69, 9.17) is 4.74 Å². The average molecular weight is 713 g/mol. The summed E-state index contributed by atoms with van der Waals surface area (Å²) in [5, 5.41) is 3.03. The number of nitrogens with zero attached hydrogens (tertiary/aromatic N) is 7. The third-order valence-corrected chi connectivity index (χ3v) is 8.16. The summed E-state index contributed by atoms with van der Waals surface area (Å²) in [6, 6.07) is 0. The highest BCUT2D eigenvalue weighted by molar-refractivity contribution is 5.94. The minimum atomic E-state index is -4.64. The molecule has 0 radical (unpaired) electrons. The Balaban J connectivity index is 0.000000221. The fourth-order valence-electron chi connectivity index (χ4n) is 6.05. The van der Waals surface area contributed by atoms with Crippen LogP contribution in [0.15, 0.2) is 0 Å². The van der Waals surface area contributed by atoms with Crippen molar-refractivity contribution < 1.29 is 45.5 Å². The fourth-order valence-corrected chi connectivity index (χ4v) is 6.05. The number of amides is 3. The molecular weight excluding hydrogens is 674 g/mol.